The zero-order valence-corrected chi connectivity index (χ0v) is 17.4. The highest BCUT2D eigenvalue weighted by Gasteiger charge is 2.24. The Hall–Kier alpha value is -4.44. The third kappa shape index (κ3) is 4.99. The van der Waals surface area contributed by atoms with Gasteiger partial charge < -0.3 is 10.6 Å². The molecular weight excluding hydrogens is 396 g/mol. The molecule has 0 fully saturated rings. The van der Waals surface area contributed by atoms with E-state index in [9.17, 15) is 9.59 Å². The Bertz CT molecular complexity index is 1120. The van der Waals surface area contributed by atoms with Crippen molar-refractivity contribution in [2.75, 3.05) is 10.6 Å². The van der Waals surface area contributed by atoms with E-state index < -0.39 is 0 Å². The van der Waals surface area contributed by atoms with Crippen LogP contribution in [0.2, 0.25) is 0 Å². The molecule has 0 amide bonds. The summed E-state index contributed by atoms with van der Waals surface area (Å²) < 4.78 is 0. The smallest absolute Gasteiger partial charge is 0.211 e. The van der Waals surface area contributed by atoms with E-state index in [1.165, 1.54) is 0 Å². The van der Waals surface area contributed by atoms with Gasteiger partial charge >= 0.3 is 0 Å². The molecule has 156 valence electrons. The standard InChI is InChI=1S/C28H22N2O2/c31-27(21-13-5-1-6-14-21)25(29-23-17-9-3-10-18-23)26(30-24-19-11-4-12-20-24)28(32)22-15-7-2-8-16-22/h1-20,29-30H/b26-25-. The van der Waals surface area contributed by atoms with Gasteiger partial charge in [-0.1, -0.05) is 97.1 Å². The minimum Gasteiger partial charge on any atom is -0.350 e. The van der Waals surface area contributed by atoms with Crippen molar-refractivity contribution >= 4 is 22.9 Å². The molecule has 0 aliphatic heterocycles. The van der Waals surface area contributed by atoms with E-state index in [-0.39, 0.29) is 23.0 Å². The molecule has 0 bridgehead atoms. The van der Waals surface area contributed by atoms with Crippen LogP contribution < -0.4 is 10.6 Å². The first kappa shape index (κ1) is 20.8. The first-order valence-corrected chi connectivity index (χ1v) is 10.3. The molecule has 0 spiro atoms. The molecule has 0 saturated heterocycles. The van der Waals surface area contributed by atoms with Crippen molar-refractivity contribution in [1.29, 1.82) is 0 Å². The lowest BCUT2D eigenvalue weighted by Gasteiger charge is -2.18. The number of hydrogen-bond acceptors (Lipinski definition) is 4. The quantitative estimate of drug-likeness (QED) is 0.265. The van der Waals surface area contributed by atoms with E-state index >= 15 is 0 Å². The number of allylic oxidation sites excluding steroid dienone is 2. The second-order valence-electron chi connectivity index (χ2n) is 7.12. The third-order valence-corrected chi connectivity index (χ3v) is 4.86. The number of benzene rings is 4. The van der Waals surface area contributed by atoms with E-state index in [1.807, 2.05) is 72.8 Å². The van der Waals surface area contributed by atoms with Crippen LogP contribution in [0.15, 0.2) is 133 Å². The number of nitrogens with one attached hydrogen (secondary N) is 2. The fraction of sp³-hybridized carbons (Fsp3) is 0. The van der Waals surface area contributed by atoms with Crippen LogP contribution in [0.3, 0.4) is 0 Å². The molecular formula is C28H22N2O2. The van der Waals surface area contributed by atoms with Crippen molar-refractivity contribution in [3.63, 3.8) is 0 Å². The number of carbonyl (C=O) groups is 2. The monoisotopic (exact) mass is 418 g/mol. The zero-order valence-electron chi connectivity index (χ0n) is 17.4. The van der Waals surface area contributed by atoms with E-state index in [0.29, 0.717) is 22.5 Å². The Labute approximate surface area is 187 Å². The third-order valence-electron chi connectivity index (χ3n) is 4.86. The van der Waals surface area contributed by atoms with Gasteiger partial charge in [0.2, 0.25) is 11.6 Å². The Kier molecular flexibility index (Phi) is 6.54. The van der Waals surface area contributed by atoms with Gasteiger partial charge in [-0.3, -0.25) is 9.59 Å². The first-order chi connectivity index (χ1) is 15.7. The Morgan fingerprint density at radius 1 is 0.406 bits per heavy atom. The molecule has 2 N–H and O–H groups in total. The summed E-state index contributed by atoms with van der Waals surface area (Å²) in [5.74, 6) is -0.561. The summed E-state index contributed by atoms with van der Waals surface area (Å²) in [4.78, 5) is 27.2. The Morgan fingerprint density at radius 3 is 1.00 bits per heavy atom. The van der Waals surface area contributed by atoms with Crippen LogP contribution in [0.5, 0.6) is 0 Å². The highest BCUT2D eigenvalue weighted by Crippen LogP contribution is 2.22. The lowest BCUT2D eigenvalue weighted by atomic mass is 10.0. The maximum absolute atomic E-state index is 13.6. The lowest BCUT2D eigenvalue weighted by molar-refractivity contribution is 0.100. The van der Waals surface area contributed by atoms with Gasteiger partial charge in [-0.15, -0.1) is 0 Å². The molecule has 0 aromatic heterocycles. The van der Waals surface area contributed by atoms with Crippen molar-refractivity contribution in [1.82, 2.24) is 0 Å². The molecule has 32 heavy (non-hydrogen) atoms. The van der Waals surface area contributed by atoms with Gasteiger partial charge in [0.05, 0.1) is 0 Å². The summed E-state index contributed by atoms with van der Waals surface area (Å²) >= 11 is 0. The molecule has 4 heteroatoms. The molecule has 0 unspecified atom stereocenters. The molecule has 0 atom stereocenters. The number of hydrogen-bond donors (Lipinski definition) is 2. The van der Waals surface area contributed by atoms with E-state index in [2.05, 4.69) is 10.6 Å². The minimum atomic E-state index is -0.280. The van der Waals surface area contributed by atoms with Crippen molar-refractivity contribution in [2.45, 2.75) is 0 Å². The van der Waals surface area contributed by atoms with Crippen LogP contribution in [0.4, 0.5) is 11.4 Å². The van der Waals surface area contributed by atoms with Crippen LogP contribution in [0.25, 0.3) is 0 Å². The van der Waals surface area contributed by atoms with Crippen LogP contribution in [-0.4, -0.2) is 11.6 Å². The van der Waals surface area contributed by atoms with Crippen molar-refractivity contribution < 1.29 is 9.59 Å². The predicted molar refractivity (Wildman–Crippen MR) is 129 cm³/mol. The summed E-state index contributed by atoms with van der Waals surface area (Å²) in [6, 6.07) is 36.5. The SMILES string of the molecule is O=C(/C(Nc1ccccc1)=C(/Nc1ccccc1)C(=O)c1ccccc1)c1ccccc1. The van der Waals surface area contributed by atoms with Crippen molar-refractivity contribution in [2.24, 2.45) is 0 Å². The second kappa shape index (κ2) is 10.0. The molecule has 0 heterocycles. The normalized spacial score (nSPS) is 11.2. The lowest BCUT2D eigenvalue weighted by Crippen LogP contribution is -2.23. The molecule has 4 aromatic rings. The van der Waals surface area contributed by atoms with Crippen LogP contribution >= 0.6 is 0 Å². The number of Topliss-reactive ketones (excluding diaryl/α,β-unsaturated/α-hetero) is 2. The molecule has 4 rings (SSSR count). The van der Waals surface area contributed by atoms with Crippen LogP contribution in [0.1, 0.15) is 20.7 Å². The van der Waals surface area contributed by atoms with Crippen molar-refractivity contribution in [3.8, 4) is 0 Å². The number of para-hydroxylation sites is 2. The number of ketones is 2. The zero-order chi connectivity index (χ0) is 22.2. The summed E-state index contributed by atoms with van der Waals surface area (Å²) in [5, 5.41) is 6.39. The fourth-order valence-electron chi connectivity index (χ4n) is 3.26. The maximum atomic E-state index is 13.6. The molecule has 4 aromatic carbocycles. The summed E-state index contributed by atoms with van der Waals surface area (Å²) in [6.07, 6.45) is 0. The molecule has 4 nitrogen and oxygen atoms in total. The van der Waals surface area contributed by atoms with Crippen LogP contribution in [0, 0.1) is 0 Å². The van der Waals surface area contributed by atoms with Crippen molar-refractivity contribution in [3.05, 3.63) is 144 Å². The van der Waals surface area contributed by atoms with Gasteiger partial charge in [-0.2, -0.15) is 0 Å². The van der Waals surface area contributed by atoms with Gasteiger partial charge in [0.15, 0.2) is 0 Å². The maximum Gasteiger partial charge on any atom is 0.211 e. The average Bonchev–Trinajstić information content (AvgIpc) is 2.87. The minimum absolute atomic E-state index is 0.181. The van der Waals surface area contributed by atoms with Gasteiger partial charge in [-0.25, -0.2) is 0 Å². The molecule has 0 radical (unpaired) electrons. The summed E-state index contributed by atoms with van der Waals surface area (Å²) in [5.41, 5.74) is 2.75. The van der Waals surface area contributed by atoms with Gasteiger partial charge in [0.1, 0.15) is 11.4 Å². The Morgan fingerprint density at radius 2 is 0.688 bits per heavy atom. The number of carbonyl (C=O) groups excluding carboxylic acids is 2. The van der Waals surface area contributed by atoms with Gasteiger partial charge in [0, 0.05) is 22.5 Å². The highest BCUT2D eigenvalue weighted by molar-refractivity contribution is 6.20. The molecule has 0 saturated carbocycles. The highest BCUT2D eigenvalue weighted by atomic mass is 16.1. The fourth-order valence-corrected chi connectivity index (χ4v) is 3.26. The van der Waals surface area contributed by atoms with Gasteiger partial charge in [0.25, 0.3) is 0 Å². The summed E-state index contributed by atoms with van der Waals surface area (Å²) in [6.45, 7) is 0. The predicted octanol–water partition coefficient (Wildman–Crippen LogP) is 6.19. The first-order valence-electron chi connectivity index (χ1n) is 10.3. The van der Waals surface area contributed by atoms with E-state index in [0.717, 1.165) is 0 Å². The molecule has 0 aliphatic carbocycles. The van der Waals surface area contributed by atoms with Crippen LogP contribution in [-0.2, 0) is 0 Å². The van der Waals surface area contributed by atoms with Gasteiger partial charge in [-0.05, 0) is 24.3 Å². The number of rotatable bonds is 8. The average molecular weight is 418 g/mol. The second-order valence-corrected chi connectivity index (χ2v) is 7.12. The number of anilines is 2. The van der Waals surface area contributed by atoms with E-state index in [4.69, 9.17) is 0 Å². The van der Waals surface area contributed by atoms with E-state index in [1.54, 1.807) is 48.5 Å². The largest absolute Gasteiger partial charge is 0.350 e. The Balaban J connectivity index is 1.88. The molecule has 0 aliphatic rings. The summed E-state index contributed by atoms with van der Waals surface area (Å²) in [7, 11) is 0. The topological polar surface area (TPSA) is 58.2 Å².